The maximum atomic E-state index is 12.7. The summed E-state index contributed by atoms with van der Waals surface area (Å²) in [4.78, 5) is 21.2. The number of benzene rings is 1. The first-order valence-electron chi connectivity index (χ1n) is 8.86. The monoisotopic (exact) mass is 433 g/mol. The molecular weight excluding hydrogens is 418 g/mol. The zero-order chi connectivity index (χ0) is 21.8. The van der Waals surface area contributed by atoms with Crippen LogP contribution >= 0.6 is 23.4 Å². The molecule has 2 N–H and O–H groups in total. The number of thioether (sulfide) groups is 1. The third-order valence-corrected chi connectivity index (χ3v) is 5.73. The Balaban J connectivity index is 2.04. The number of aromatic nitrogens is 2. The number of nitrogens with zero attached hydrogens (tertiary/aromatic N) is 4. The molecule has 30 heavy (non-hydrogen) atoms. The zero-order valence-corrected chi connectivity index (χ0v) is 17.8. The summed E-state index contributed by atoms with van der Waals surface area (Å²) < 4.78 is 0. The van der Waals surface area contributed by atoms with Crippen molar-refractivity contribution in [2.75, 3.05) is 11.5 Å². The lowest BCUT2D eigenvalue weighted by Crippen LogP contribution is -2.08. The van der Waals surface area contributed by atoms with Crippen LogP contribution in [0.4, 0.5) is 5.82 Å². The second-order valence-corrected chi connectivity index (χ2v) is 7.80. The van der Waals surface area contributed by atoms with Crippen molar-refractivity contribution in [1.29, 1.82) is 10.5 Å². The summed E-state index contributed by atoms with van der Waals surface area (Å²) in [6, 6.07) is 14.5. The summed E-state index contributed by atoms with van der Waals surface area (Å²) in [5.41, 5.74) is 9.06. The molecule has 0 saturated heterocycles. The number of aryl methyl sites for hydroxylation is 2. The van der Waals surface area contributed by atoms with Gasteiger partial charge in [0.1, 0.15) is 28.5 Å². The minimum Gasteiger partial charge on any atom is -0.383 e. The van der Waals surface area contributed by atoms with Crippen LogP contribution in [-0.4, -0.2) is 21.5 Å². The standard InChI is InChI=1S/C22H16ClN5OS/c1-12-7-8-14(13(2)27-12)19(29)11-30-22-17(10-25)20(16(9-24)21(26)28-22)15-5-3-4-6-18(15)23/h3-8H,11H2,1-2H3,(H2,26,28). The Kier molecular flexibility index (Phi) is 6.37. The minimum atomic E-state index is -0.141. The third kappa shape index (κ3) is 4.13. The molecule has 0 fully saturated rings. The Morgan fingerprint density at radius 1 is 1.10 bits per heavy atom. The van der Waals surface area contributed by atoms with Gasteiger partial charge in [-0.1, -0.05) is 41.6 Å². The lowest BCUT2D eigenvalue weighted by atomic mass is 9.97. The molecule has 0 bridgehead atoms. The van der Waals surface area contributed by atoms with Gasteiger partial charge in [-0.15, -0.1) is 0 Å². The quantitative estimate of drug-likeness (QED) is 0.457. The molecule has 2 heterocycles. The Hall–Kier alpha value is -3.39. The minimum absolute atomic E-state index is 0.0189. The van der Waals surface area contributed by atoms with Gasteiger partial charge in [-0.25, -0.2) is 4.98 Å². The molecule has 0 atom stereocenters. The number of nitriles is 2. The van der Waals surface area contributed by atoms with Gasteiger partial charge in [-0.05, 0) is 32.0 Å². The van der Waals surface area contributed by atoms with E-state index in [1.165, 1.54) is 0 Å². The first-order chi connectivity index (χ1) is 14.4. The van der Waals surface area contributed by atoms with Crippen LogP contribution < -0.4 is 5.73 Å². The van der Waals surface area contributed by atoms with Crippen LogP contribution in [0.1, 0.15) is 32.9 Å². The Morgan fingerprint density at radius 3 is 2.43 bits per heavy atom. The zero-order valence-electron chi connectivity index (χ0n) is 16.2. The summed E-state index contributed by atoms with van der Waals surface area (Å²) in [7, 11) is 0. The van der Waals surface area contributed by atoms with E-state index in [-0.39, 0.29) is 33.5 Å². The summed E-state index contributed by atoms with van der Waals surface area (Å²) in [6.07, 6.45) is 0. The van der Waals surface area contributed by atoms with Crippen LogP contribution in [-0.2, 0) is 0 Å². The number of nitrogen functional groups attached to an aromatic ring is 1. The van der Waals surface area contributed by atoms with E-state index in [0.717, 1.165) is 17.5 Å². The van der Waals surface area contributed by atoms with Crippen molar-refractivity contribution in [3.05, 3.63) is 69.5 Å². The van der Waals surface area contributed by atoms with E-state index >= 15 is 0 Å². The normalized spacial score (nSPS) is 10.3. The molecule has 2 aromatic heterocycles. The van der Waals surface area contributed by atoms with Crippen LogP contribution in [0.25, 0.3) is 11.1 Å². The Labute approximate surface area is 183 Å². The molecule has 6 nitrogen and oxygen atoms in total. The number of rotatable bonds is 5. The molecule has 8 heteroatoms. The average molecular weight is 434 g/mol. The van der Waals surface area contributed by atoms with Gasteiger partial charge in [0.25, 0.3) is 0 Å². The fraction of sp³-hybridized carbons (Fsp3) is 0.136. The molecule has 0 aliphatic rings. The summed E-state index contributed by atoms with van der Waals surface area (Å²) in [6.45, 7) is 3.63. The third-order valence-electron chi connectivity index (χ3n) is 4.42. The second-order valence-electron chi connectivity index (χ2n) is 6.43. The van der Waals surface area contributed by atoms with Crippen molar-refractivity contribution < 1.29 is 4.79 Å². The highest BCUT2D eigenvalue weighted by Crippen LogP contribution is 2.38. The molecule has 0 spiro atoms. The number of hydrogen-bond donors (Lipinski definition) is 1. The van der Waals surface area contributed by atoms with Crippen LogP contribution in [0.3, 0.4) is 0 Å². The van der Waals surface area contributed by atoms with Gasteiger partial charge in [-0.3, -0.25) is 9.78 Å². The maximum absolute atomic E-state index is 12.7. The summed E-state index contributed by atoms with van der Waals surface area (Å²) in [5.74, 6) is -0.118. The molecular formula is C22H16ClN5OS. The number of halogens is 1. The number of ketones is 1. The first kappa shape index (κ1) is 21.3. The van der Waals surface area contributed by atoms with Gasteiger partial charge in [0.15, 0.2) is 5.78 Å². The fourth-order valence-corrected chi connectivity index (χ4v) is 4.14. The highest BCUT2D eigenvalue weighted by Gasteiger charge is 2.23. The van der Waals surface area contributed by atoms with Crippen molar-refractivity contribution in [2.45, 2.75) is 18.9 Å². The Bertz CT molecular complexity index is 1240. The highest BCUT2D eigenvalue weighted by atomic mass is 35.5. The number of anilines is 1. The number of carbonyl (C=O) groups excluding carboxylic acids is 1. The molecule has 3 aromatic rings. The maximum Gasteiger partial charge on any atom is 0.174 e. The molecule has 0 amide bonds. The molecule has 1 aromatic carbocycles. The van der Waals surface area contributed by atoms with Gasteiger partial charge < -0.3 is 5.73 Å². The van der Waals surface area contributed by atoms with Crippen LogP contribution in [0.2, 0.25) is 5.02 Å². The van der Waals surface area contributed by atoms with Gasteiger partial charge >= 0.3 is 0 Å². The second kappa shape index (κ2) is 8.96. The predicted octanol–water partition coefficient (Wildman–Crippen LogP) is 4.71. The van der Waals surface area contributed by atoms with E-state index in [9.17, 15) is 15.3 Å². The molecule has 3 rings (SSSR count). The van der Waals surface area contributed by atoms with Gasteiger partial charge in [-0.2, -0.15) is 10.5 Å². The molecule has 0 unspecified atom stereocenters. The number of Topliss-reactive ketones (excluding diaryl/α,β-unsaturated/α-hetero) is 1. The van der Waals surface area contributed by atoms with Crippen LogP contribution in [0, 0.1) is 36.5 Å². The fourth-order valence-electron chi connectivity index (χ4n) is 3.03. The van der Waals surface area contributed by atoms with Crippen molar-refractivity contribution in [1.82, 2.24) is 9.97 Å². The van der Waals surface area contributed by atoms with E-state index < -0.39 is 0 Å². The number of carbonyl (C=O) groups is 1. The van der Waals surface area contributed by atoms with Gasteiger partial charge in [0, 0.05) is 33.1 Å². The largest absolute Gasteiger partial charge is 0.383 e. The lowest BCUT2D eigenvalue weighted by molar-refractivity contribution is 0.102. The van der Waals surface area contributed by atoms with E-state index in [1.54, 1.807) is 43.3 Å². The highest BCUT2D eigenvalue weighted by molar-refractivity contribution is 8.00. The van der Waals surface area contributed by atoms with Gasteiger partial charge in [0.05, 0.1) is 11.3 Å². The molecule has 148 valence electrons. The van der Waals surface area contributed by atoms with E-state index in [0.29, 0.717) is 27.4 Å². The number of nitrogens with two attached hydrogens (primary N) is 1. The van der Waals surface area contributed by atoms with E-state index in [4.69, 9.17) is 17.3 Å². The van der Waals surface area contributed by atoms with Crippen molar-refractivity contribution in [2.24, 2.45) is 0 Å². The lowest BCUT2D eigenvalue weighted by Gasteiger charge is -2.14. The average Bonchev–Trinajstić information content (AvgIpc) is 2.72. The SMILES string of the molecule is Cc1ccc(C(=O)CSc2nc(N)c(C#N)c(-c3ccccc3Cl)c2C#N)c(C)n1. The van der Waals surface area contributed by atoms with Crippen molar-refractivity contribution in [3.63, 3.8) is 0 Å². The predicted molar refractivity (Wildman–Crippen MR) is 117 cm³/mol. The van der Waals surface area contributed by atoms with Gasteiger partial charge in [0.2, 0.25) is 0 Å². The smallest absolute Gasteiger partial charge is 0.174 e. The summed E-state index contributed by atoms with van der Waals surface area (Å²) in [5, 5.41) is 20.1. The van der Waals surface area contributed by atoms with Crippen molar-refractivity contribution in [3.8, 4) is 23.3 Å². The topological polar surface area (TPSA) is 116 Å². The Morgan fingerprint density at radius 2 is 1.80 bits per heavy atom. The number of pyridine rings is 2. The number of hydrogen-bond acceptors (Lipinski definition) is 7. The van der Waals surface area contributed by atoms with E-state index in [2.05, 4.69) is 16.0 Å². The molecule has 0 saturated carbocycles. The van der Waals surface area contributed by atoms with Crippen LogP contribution in [0.5, 0.6) is 0 Å². The van der Waals surface area contributed by atoms with Crippen molar-refractivity contribution >= 4 is 35.0 Å². The summed E-state index contributed by atoms with van der Waals surface area (Å²) >= 11 is 7.40. The van der Waals surface area contributed by atoms with E-state index in [1.807, 2.05) is 13.0 Å². The molecule has 0 radical (unpaired) electrons. The molecule has 0 aliphatic heterocycles. The first-order valence-corrected chi connectivity index (χ1v) is 10.2. The molecule has 0 aliphatic carbocycles. The van der Waals surface area contributed by atoms with Crippen LogP contribution in [0.15, 0.2) is 41.4 Å².